The molecule has 1 heterocycles. The molecule has 0 bridgehead atoms. The first-order valence-electron chi connectivity index (χ1n) is 9.23. The second-order valence-electron chi connectivity index (χ2n) is 6.53. The third-order valence-corrected chi connectivity index (χ3v) is 6.70. The Morgan fingerprint density at radius 3 is 2.41 bits per heavy atom. The summed E-state index contributed by atoms with van der Waals surface area (Å²) in [5.74, 6) is 2.07. The lowest BCUT2D eigenvalue weighted by Gasteiger charge is -2.08. The molecule has 0 unspecified atom stereocenters. The molecule has 0 aliphatic heterocycles. The van der Waals surface area contributed by atoms with Crippen LogP contribution < -0.4 is 9.88 Å². The molecule has 168 valence electrons. The Labute approximate surface area is 195 Å². The normalized spacial score (nSPS) is 11.6. The lowest BCUT2D eigenvalue weighted by atomic mass is 10.1. The van der Waals surface area contributed by atoms with Crippen molar-refractivity contribution in [3.8, 4) is 28.3 Å². The van der Waals surface area contributed by atoms with Crippen molar-refractivity contribution in [3.63, 3.8) is 0 Å². The van der Waals surface area contributed by atoms with Crippen LogP contribution >= 0.6 is 24.0 Å². The van der Waals surface area contributed by atoms with Gasteiger partial charge in [-0.15, -0.1) is 0 Å². The molecular weight excluding hydrogens is 470 g/mol. The van der Waals surface area contributed by atoms with E-state index in [1.807, 2.05) is 30.3 Å². The number of nitrogens with zero attached hydrogens (tertiary/aromatic N) is 2. The SMILES string of the molecule is COc1ccc(-c2nc(C=CCSC(=S)N(C)O)oc2-c2ccc(S(N)(=O)=O)cc2)cc1. The molecule has 0 saturated heterocycles. The van der Waals surface area contributed by atoms with Gasteiger partial charge in [-0.1, -0.05) is 30.1 Å². The lowest BCUT2D eigenvalue weighted by molar-refractivity contribution is 0.0205. The summed E-state index contributed by atoms with van der Waals surface area (Å²) in [5, 5.41) is 15.4. The van der Waals surface area contributed by atoms with Crippen molar-refractivity contribution in [1.29, 1.82) is 0 Å². The van der Waals surface area contributed by atoms with Gasteiger partial charge in [-0.25, -0.2) is 23.6 Å². The number of rotatable bonds is 7. The fourth-order valence-electron chi connectivity index (χ4n) is 2.71. The van der Waals surface area contributed by atoms with E-state index in [9.17, 15) is 13.6 Å². The maximum Gasteiger partial charge on any atom is 0.238 e. The van der Waals surface area contributed by atoms with Gasteiger partial charge >= 0.3 is 0 Å². The number of ether oxygens (including phenoxy) is 1. The van der Waals surface area contributed by atoms with Crippen LogP contribution in [0.3, 0.4) is 0 Å². The minimum absolute atomic E-state index is 0.00808. The summed E-state index contributed by atoms with van der Waals surface area (Å²) < 4.78 is 34.7. The van der Waals surface area contributed by atoms with Crippen LogP contribution in [0, 0.1) is 0 Å². The number of sulfonamides is 1. The van der Waals surface area contributed by atoms with Crippen LogP contribution in [0.1, 0.15) is 5.89 Å². The minimum Gasteiger partial charge on any atom is -0.497 e. The van der Waals surface area contributed by atoms with Gasteiger partial charge < -0.3 is 9.15 Å². The standard InChI is InChI=1S/C21H21N3O5S3/c1-24(25)21(30)31-13-3-4-18-23-19(14-5-9-16(28-2)10-6-14)20(29-18)15-7-11-17(12-8-15)32(22,26)27/h3-12,25H,13H2,1-2H3,(H2,22,26,27). The molecule has 0 aliphatic carbocycles. The van der Waals surface area contributed by atoms with Gasteiger partial charge in [0.05, 0.1) is 12.0 Å². The summed E-state index contributed by atoms with van der Waals surface area (Å²) in [7, 11) is -0.752. The smallest absolute Gasteiger partial charge is 0.238 e. The Morgan fingerprint density at radius 1 is 1.22 bits per heavy atom. The number of methoxy groups -OCH3 is 1. The number of hydrogen-bond donors (Lipinski definition) is 2. The summed E-state index contributed by atoms with van der Waals surface area (Å²) in [5.41, 5.74) is 2.04. The van der Waals surface area contributed by atoms with Gasteiger partial charge in [0.15, 0.2) is 10.1 Å². The first-order valence-corrected chi connectivity index (χ1v) is 12.2. The second-order valence-corrected chi connectivity index (χ2v) is 9.75. The van der Waals surface area contributed by atoms with Crippen LogP contribution in [0.15, 0.2) is 63.9 Å². The van der Waals surface area contributed by atoms with E-state index in [1.54, 1.807) is 25.3 Å². The van der Waals surface area contributed by atoms with Crippen molar-refractivity contribution in [2.45, 2.75) is 4.90 Å². The van der Waals surface area contributed by atoms with Gasteiger partial charge in [0.1, 0.15) is 11.4 Å². The molecule has 0 fully saturated rings. The molecule has 3 N–H and O–H groups in total. The summed E-state index contributed by atoms with van der Waals surface area (Å²) in [6.45, 7) is 0. The average Bonchev–Trinajstić information content (AvgIpc) is 3.20. The number of primary sulfonamides is 1. The van der Waals surface area contributed by atoms with E-state index < -0.39 is 10.0 Å². The molecule has 0 spiro atoms. The zero-order chi connectivity index (χ0) is 23.3. The number of aromatic nitrogens is 1. The fraction of sp³-hybridized carbons (Fsp3) is 0.143. The summed E-state index contributed by atoms with van der Waals surface area (Å²) >= 11 is 6.31. The van der Waals surface area contributed by atoms with Crippen molar-refractivity contribution >= 4 is 44.4 Å². The second kappa shape index (κ2) is 10.3. The van der Waals surface area contributed by atoms with Crippen molar-refractivity contribution in [1.82, 2.24) is 10.0 Å². The Hall–Kier alpha value is -2.70. The van der Waals surface area contributed by atoms with Crippen LogP contribution in [0.25, 0.3) is 28.7 Å². The highest BCUT2D eigenvalue weighted by Gasteiger charge is 2.17. The van der Waals surface area contributed by atoms with Crippen molar-refractivity contribution in [2.75, 3.05) is 19.9 Å². The van der Waals surface area contributed by atoms with Crippen LogP contribution in [-0.2, 0) is 10.0 Å². The number of nitrogens with two attached hydrogens (primary N) is 1. The van der Waals surface area contributed by atoms with Gasteiger partial charge in [-0.05, 0) is 54.6 Å². The number of oxazole rings is 1. The summed E-state index contributed by atoms with van der Waals surface area (Å²) in [6.07, 6.45) is 3.53. The van der Waals surface area contributed by atoms with Crippen molar-refractivity contribution in [3.05, 3.63) is 60.5 Å². The summed E-state index contributed by atoms with van der Waals surface area (Å²) in [6, 6.07) is 13.4. The number of benzene rings is 2. The first kappa shape index (κ1) is 24.0. The van der Waals surface area contributed by atoms with E-state index in [0.717, 1.165) is 10.6 Å². The van der Waals surface area contributed by atoms with Crippen LogP contribution in [-0.4, -0.2) is 47.9 Å². The molecular formula is C21H21N3O5S3. The Balaban J connectivity index is 1.95. The van der Waals surface area contributed by atoms with E-state index in [2.05, 4.69) is 4.98 Å². The Morgan fingerprint density at radius 2 is 1.84 bits per heavy atom. The Kier molecular flexibility index (Phi) is 7.69. The molecule has 3 rings (SSSR count). The van der Waals surface area contributed by atoms with Crippen molar-refractivity contribution in [2.24, 2.45) is 5.14 Å². The number of hydrogen-bond acceptors (Lipinski definition) is 8. The molecule has 8 nitrogen and oxygen atoms in total. The quantitative estimate of drug-likeness (QED) is 0.373. The first-order chi connectivity index (χ1) is 15.2. The minimum atomic E-state index is -3.80. The van der Waals surface area contributed by atoms with Crippen LogP contribution in [0.5, 0.6) is 5.75 Å². The van der Waals surface area contributed by atoms with Gasteiger partial charge in [-0.3, -0.25) is 5.21 Å². The van der Waals surface area contributed by atoms with Gasteiger partial charge in [0, 0.05) is 23.9 Å². The van der Waals surface area contributed by atoms with E-state index >= 15 is 0 Å². The molecule has 0 aliphatic rings. The highest BCUT2D eigenvalue weighted by Crippen LogP contribution is 2.34. The molecule has 0 atom stereocenters. The monoisotopic (exact) mass is 491 g/mol. The van der Waals surface area contributed by atoms with E-state index in [1.165, 1.54) is 30.9 Å². The molecule has 0 saturated carbocycles. The molecule has 1 aromatic heterocycles. The fourth-order valence-corrected chi connectivity index (χ4v) is 3.95. The zero-order valence-electron chi connectivity index (χ0n) is 17.3. The molecule has 32 heavy (non-hydrogen) atoms. The molecule has 3 aromatic rings. The average molecular weight is 492 g/mol. The molecule has 0 radical (unpaired) electrons. The number of thioether (sulfide) groups is 1. The molecule has 2 aromatic carbocycles. The van der Waals surface area contributed by atoms with Gasteiger partial charge in [-0.2, -0.15) is 0 Å². The predicted octanol–water partition coefficient (Wildman–Crippen LogP) is 4.02. The van der Waals surface area contributed by atoms with Crippen LogP contribution in [0.4, 0.5) is 0 Å². The lowest BCUT2D eigenvalue weighted by Crippen LogP contribution is -2.17. The van der Waals surface area contributed by atoms with Gasteiger partial charge in [0.2, 0.25) is 15.9 Å². The van der Waals surface area contributed by atoms with Crippen molar-refractivity contribution < 1.29 is 22.8 Å². The Bertz CT molecular complexity index is 1220. The van der Waals surface area contributed by atoms with E-state index in [-0.39, 0.29) is 4.90 Å². The van der Waals surface area contributed by atoms with Crippen LogP contribution in [0.2, 0.25) is 0 Å². The van der Waals surface area contributed by atoms with Gasteiger partial charge in [0.25, 0.3) is 0 Å². The van der Waals surface area contributed by atoms with E-state index in [0.29, 0.717) is 38.7 Å². The third-order valence-electron chi connectivity index (χ3n) is 4.28. The molecule has 0 amide bonds. The number of hydroxylamine groups is 2. The largest absolute Gasteiger partial charge is 0.497 e. The molecule has 11 heteroatoms. The summed E-state index contributed by atoms with van der Waals surface area (Å²) in [4.78, 5) is 4.60. The third kappa shape index (κ3) is 5.96. The van der Waals surface area contributed by atoms with E-state index in [4.69, 9.17) is 26.5 Å². The highest BCUT2D eigenvalue weighted by atomic mass is 32.2. The maximum atomic E-state index is 11.6. The number of thiocarbonyl (C=S) groups is 1. The highest BCUT2D eigenvalue weighted by molar-refractivity contribution is 8.22. The maximum absolute atomic E-state index is 11.6. The predicted molar refractivity (Wildman–Crippen MR) is 129 cm³/mol. The topological polar surface area (TPSA) is 119 Å². The zero-order valence-corrected chi connectivity index (χ0v) is 19.7.